The Morgan fingerprint density at radius 2 is 1.05 bits per heavy atom. The van der Waals surface area contributed by atoms with Crippen LogP contribution < -0.4 is 0 Å². The quantitative estimate of drug-likeness (QED) is 0.703. The lowest BCUT2D eigenvalue weighted by Gasteiger charge is -2.18. The number of rotatable bonds is 6. The fraction of sp³-hybridized carbons (Fsp3) is 0.500. The molecule has 0 aliphatic rings. The van der Waals surface area contributed by atoms with Crippen LogP contribution in [0.1, 0.15) is 0 Å². The van der Waals surface area contributed by atoms with Crippen molar-refractivity contribution in [3.63, 3.8) is 0 Å². The molecule has 0 radical (unpaired) electrons. The van der Waals surface area contributed by atoms with E-state index >= 15 is 0 Å². The third-order valence-corrected chi connectivity index (χ3v) is 9.52. The van der Waals surface area contributed by atoms with Crippen LogP contribution in [0.15, 0.2) is 34.1 Å². The lowest BCUT2D eigenvalue weighted by Crippen LogP contribution is -2.30. The zero-order chi connectivity index (χ0) is 17.4. The number of hydrogen-bond donors (Lipinski definition) is 0. The van der Waals surface area contributed by atoms with Crippen molar-refractivity contribution in [3.8, 4) is 0 Å². The van der Waals surface area contributed by atoms with Crippen molar-refractivity contribution in [1.29, 1.82) is 0 Å². The molecule has 0 fully saturated rings. The van der Waals surface area contributed by atoms with Gasteiger partial charge in [0, 0.05) is 0 Å². The van der Waals surface area contributed by atoms with Crippen LogP contribution in [-0.2, 0) is 28.0 Å². The molecule has 0 bridgehead atoms. The highest BCUT2D eigenvalue weighted by Gasteiger charge is 2.29. The van der Waals surface area contributed by atoms with E-state index in [4.69, 9.17) is 7.74 Å². The maximum atomic E-state index is 12.2. The standard InChI is InChI=1S/C12H22O6S2Si2/c1-21(2,3)17-19(13,14)11-8-7-9-12(10-11)20(15,16)18-22(4,5)6/h7-10H,1-6H3. The van der Waals surface area contributed by atoms with E-state index in [1.54, 1.807) is 39.3 Å². The second kappa shape index (κ2) is 6.17. The second-order valence-electron chi connectivity index (χ2n) is 6.77. The number of hydrogen-bond acceptors (Lipinski definition) is 6. The fourth-order valence-corrected chi connectivity index (χ4v) is 8.68. The SMILES string of the molecule is C[Si](C)(C)OS(=O)(=O)c1cccc(S(=O)(=O)O[Si](C)(C)C)c1. The van der Waals surface area contributed by atoms with E-state index < -0.39 is 36.9 Å². The van der Waals surface area contributed by atoms with Gasteiger partial charge in [-0.1, -0.05) is 6.07 Å². The summed E-state index contributed by atoms with van der Waals surface area (Å²) >= 11 is 0. The third-order valence-electron chi connectivity index (χ3n) is 2.10. The lowest BCUT2D eigenvalue weighted by atomic mass is 10.4. The Kier molecular flexibility index (Phi) is 5.47. The first kappa shape index (κ1) is 19.5. The van der Waals surface area contributed by atoms with E-state index in [0.717, 1.165) is 6.07 Å². The summed E-state index contributed by atoms with van der Waals surface area (Å²) in [6.45, 7) is 10.4. The third kappa shape index (κ3) is 5.93. The highest BCUT2D eigenvalue weighted by molar-refractivity contribution is 7.88. The van der Waals surface area contributed by atoms with Gasteiger partial charge in [-0.25, -0.2) is 0 Å². The molecule has 0 saturated heterocycles. The van der Waals surface area contributed by atoms with Crippen molar-refractivity contribution >= 4 is 36.9 Å². The molecule has 0 aromatic heterocycles. The first-order valence-corrected chi connectivity index (χ1v) is 16.3. The smallest absolute Gasteiger partial charge is 0.287 e. The largest absolute Gasteiger partial charge is 0.312 e. The average Bonchev–Trinajstić information content (AvgIpc) is 2.22. The lowest BCUT2D eigenvalue weighted by molar-refractivity contribution is 0.484. The predicted octanol–water partition coefficient (Wildman–Crippen LogP) is 2.77. The fourth-order valence-electron chi connectivity index (χ4n) is 1.54. The molecule has 126 valence electrons. The molecule has 0 aliphatic heterocycles. The van der Waals surface area contributed by atoms with Crippen LogP contribution in [0.2, 0.25) is 39.3 Å². The van der Waals surface area contributed by atoms with Gasteiger partial charge in [0.1, 0.15) is 0 Å². The van der Waals surface area contributed by atoms with Gasteiger partial charge in [-0.2, -0.15) is 16.8 Å². The Bertz CT molecular complexity index is 681. The van der Waals surface area contributed by atoms with Crippen LogP contribution in [0.5, 0.6) is 0 Å². The van der Waals surface area contributed by atoms with Gasteiger partial charge in [0.2, 0.25) is 16.6 Å². The minimum Gasteiger partial charge on any atom is -0.312 e. The maximum Gasteiger partial charge on any atom is 0.287 e. The van der Waals surface area contributed by atoms with Crippen molar-refractivity contribution in [3.05, 3.63) is 24.3 Å². The van der Waals surface area contributed by atoms with Crippen LogP contribution in [0.3, 0.4) is 0 Å². The summed E-state index contributed by atoms with van der Waals surface area (Å²) in [6.07, 6.45) is 0. The van der Waals surface area contributed by atoms with Gasteiger partial charge < -0.3 is 7.74 Å². The Morgan fingerprint density at radius 3 is 1.32 bits per heavy atom. The van der Waals surface area contributed by atoms with Crippen molar-refractivity contribution < 1.29 is 24.6 Å². The van der Waals surface area contributed by atoms with Crippen LogP contribution in [0.4, 0.5) is 0 Å². The molecule has 1 aromatic rings. The van der Waals surface area contributed by atoms with E-state index in [2.05, 4.69) is 0 Å². The summed E-state index contributed by atoms with van der Waals surface area (Å²) in [5.41, 5.74) is 0. The van der Waals surface area contributed by atoms with E-state index in [-0.39, 0.29) is 9.79 Å². The van der Waals surface area contributed by atoms with Crippen LogP contribution in [0, 0.1) is 0 Å². The average molecular weight is 383 g/mol. The normalized spacial score (nSPS) is 14.1. The Labute approximate surface area is 135 Å². The van der Waals surface area contributed by atoms with Gasteiger partial charge in [0.25, 0.3) is 20.2 Å². The molecule has 0 N–H and O–H groups in total. The second-order valence-corrected chi connectivity index (χ2v) is 19.3. The van der Waals surface area contributed by atoms with Crippen LogP contribution in [-0.4, -0.2) is 33.5 Å². The Morgan fingerprint density at radius 1 is 0.727 bits per heavy atom. The van der Waals surface area contributed by atoms with Gasteiger partial charge >= 0.3 is 0 Å². The molecule has 10 heteroatoms. The summed E-state index contributed by atoms with van der Waals surface area (Å²) in [7, 11) is -12.7. The molecule has 0 atom stereocenters. The molecular weight excluding hydrogens is 360 g/mol. The minimum absolute atomic E-state index is 0.185. The minimum atomic E-state index is -3.99. The molecule has 0 saturated carbocycles. The van der Waals surface area contributed by atoms with E-state index in [1.165, 1.54) is 18.2 Å². The summed E-state index contributed by atoms with van der Waals surface area (Å²) in [4.78, 5) is -0.370. The maximum absolute atomic E-state index is 12.2. The molecule has 0 aliphatic carbocycles. The molecule has 0 unspecified atom stereocenters. The van der Waals surface area contributed by atoms with Crippen LogP contribution in [0.25, 0.3) is 0 Å². The summed E-state index contributed by atoms with van der Waals surface area (Å²) in [5, 5.41) is 0. The number of benzene rings is 1. The zero-order valence-corrected chi connectivity index (χ0v) is 17.2. The van der Waals surface area contributed by atoms with Crippen LogP contribution >= 0.6 is 0 Å². The van der Waals surface area contributed by atoms with Gasteiger partial charge in [0.05, 0.1) is 9.79 Å². The monoisotopic (exact) mass is 382 g/mol. The molecule has 0 amide bonds. The first-order valence-electron chi connectivity index (χ1n) is 6.64. The molecule has 6 nitrogen and oxygen atoms in total. The zero-order valence-electron chi connectivity index (χ0n) is 13.6. The van der Waals surface area contributed by atoms with Gasteiger partial charge in [-0.05, 0) is 57.5 Å². The van der Waals surface area contributed by atoms with Crippen molar-refractivity contribution in [1.82, 2.24) is 0 Å². The Hall–Kier alpha value is -0.526. The highest BCUT2D eigenvalue weighted by atomic mass is 32.2. The summed E-state index contributed by atoms with van der Waals surface area (Å²) in [6, 6.07) is 5.05. The van der Waals surface area contributed by atoms with E-state index in [0.29, 0.717) is 0 Å². The molecular formula is C12H22O6S2Si2. The van der Waals surface area contributed by atoms with E-state index in [1.807, 2.05) is 0 Å². The van der Waals surface area contributed by atoms with Gasteiger partial charge in [0.15, 0.2) is 0 Å². The van der Waals surface area contributed by atoms with Crippen molar-refractivity contribution in [2.45, 2.75) is 49.1 Å². The molecule has 0 heterocycles. The highest BCUT2D eigenvalue weighted by Crippen LogP contribution is 2.23. The molecule has 0 spiro atoms. The predicted molar refractivity (Wildman–Crippen MR) is 89.7 cm³/mol. The molecule has 22 heavy (non-hydrogen) atoms. The van der Waals surface area contributed by atoms with Gasteiger partial charge in [-0.15, -0.1) is 0 Å². The van der Waals surface area contributed by atoms with Crippen molar-refractivity contribution in [2.75, 3.05) is 0 Å². The summed E-state index contributed by atoms with van der Waals surface area (Å²) in [5.74, 6) is 0. The topological polar surface area (TPSA) is 86.7 Å². The van der Waals surface area contributed by atoms with E-state index in [9.17, 15) is 16.8 Å². The molecule has 1 rings (SSSR count). The Balaban J connectivity index is 3.26. The first-order chi connectivity index (χ1) is 9.62. The van der Waals surface area contributed by atoms with Gasteiger partial charge in [-0.3, -0.25) is 0 Å². The van der Waals surface area contributed by atoms with Crippen molar-refractivity contribution in [2.24, 2.45) is 0 Å². The summed E-state index contributed by atoms with van der Waals surface area (Å²) < 4.78 is 59.1. The molecule has 1 aromatic carbocycles.